The quantitative estimate of drug-likeness (QED) is 0.659. The van der Waals surface area contributed by atoms with Crippen molar-refractivity contribution in [3.8, 4) is 0 Å². The van der Waals surface area contributed by atoms with Gasteiger partial charge in [-0.15, -0.1) is 11.3 Å². The van der Waals surface area contributed by atoms with Crippen molar-refractivity contribution >= 4 is 34.6 Å². The van der Waals surface area contributed by atoms with Crippen LogP contribution in [0.15, 0.2) is 35.7 Å². The molecule has 158 valence electrons. The number of thiophene rings is 1. The zero-order chi connectivity index (χ0) is 21.6. The van der Waals surface area contributed by atoms with E-state index >= 15 is 0 Å². The Morgan fingerprint density at radius 3 is 2.41 bits per heavy atom. The summed E-state index contributed by atoms with van der Waals surface area (Å²) in [6.07, 6.45) is 0. The molecule has 6 nitrogen and oxygen atoms in total. The molecule has 0 unspecified atom stereocenters. The maximum absolute atomic E-state index is 13.2. The zero-order valence-electron chi connectivity index (χ0n) is 18.2. The Labute approximate surface area is 177 Å². The molecule has 0 radical (unpaired) electrons. The molecule has 1 atom stereocenters. The second kappa shape index (κ2) is 10.3. The zero-order valence-corrected chi connectivity index (χ0v) is 19.0. The fourth-order valence-electron chi connectivity index (χ4n) is 3.05. The lowest BCUT2D eigenvalue weighted by Gasteiger charge is -2.33. The number of hydrogen-bond donors (Lipinski definition) is 2. The Morgan fingerprint density at radius 1 is 1.14 bits per heavy atom. The van der Waals surface area contributed by atoms with E-state index in [0.717, 1.165) is 16.1 Å². The minimum Gasteiger partial charge on any atom is -0.377 e. The molecule has 2 N–H and O–H groups in total. The summed E-state index contributed by atoms with van der Waals surface area (Å²) >= 11 is 1.46. The topological polar surface area (TPSA) is 64.7 Å². The van der Waals surface area contributed by atoms with Gasteiger partial charge >= 0.3 is 6.03 Å². The summed E-state index contributed by atoms with van der Waals surface area (Å²) in [6.45, 7) is 9.24. The van der Waals surface area contributed by atoms with Crippen LogP contribution in [0.25, 0.3) is 0 Å². The molecule has 0 saturated carbocycles. The maximum atomic E-state index is 13.2. The molecule has 0 aliphatic carbocycles. The number of hydrogen-bond acceptors (Lipinski definition) is 4. The summed E-state index contributed by atoms with van der Waals surface area (Å²) in [7, 11) is 3.96. The van der Waals surface area contributed by atoms with Crippen LogP contribution in [0.4, 0.5) is 16.2 Å². The molecule has 0 spiro atoms. The number of carbonyl (C=O) groups is 2. The highest BCUT2D eigenvalue weighted by Gasteiger charge is 2.26. The van der Waals surface area contributed by atoms with Gasteiger partial charge in [0.15, 0.2) is 0 Å². The highest BCUT2D eigenvalue weighted by Crippen LogP contribution is 2.27. The molecule has 29 heavy (non-hydrogen) atoms. The molecule has 1 heterocycles. The highest BCUT2D eigenvalue weighted by molar-refractivity contribution is 7.12. The molecule has 0 saturated heterocycles. The number of nitrogens with zero attached hydrogens (tertiary/aromatic N) is 2. The predicted molar refractivity (Wildman–Crippen MR) is 122 cm³/mol. The molecule has 1 aromatic heterocycles. The van der Waals surface area contributed by atoms with Crippen LogP contribution in [0, 0.1) is 5.92 Å². The number of urea groups is 1. The fraction of sp³-hybridized carbons (Fsp3) is 0.455. The average molecular weight is 417 g/mol. The molecule has 2 aromatic rings. The van der Waals surface area contributed by atoms with E-state index in [-0.39, 0.29) is 18.0 Å². The number of benzene rings is 1. The predicted octanol–water partition coefficient (Wildman–Crippen LogP) is 4.64. The first-order chi connectivity index (χ1) is 13.7. The molecular weight excluding hydrogens is 384 g/mol. The number of rotatable bonds is 8. The van der Waals surface area contributed by atoms with Crippen LogP contribution in [-0.2, 0) is 6.54 Å². The van der Waals surface area contributed by atoms with Crippen molar-refractivity contribution in [1.82, 2.24) is 10.2 Å². The van der Waals surface area contributed by atoms with Crippen molar-refractivity contribution in [1.29, 1.82) is 0 Å². The normalized spacial score (nSPS) is 11.8. The van der Waals surface area contributed by atoms with Gasteiger partial charge in [0.25, 0.3) is 5.91 Å². The van der Waals surface area contributed by atoms with Crippen LogP contribution in [-0.4, -0.2) is 43.5 Å². The van der Waals surface area contributed by atoms with E-state index in [1.807, 2.05) is 66.5 Å². The summed E-state index contributed by atoms with van der Waals surface area (Å²) in [4.78, 5) is 29.8. The van der Waals surface area contributed by atoms with Gasteiger partial charge in [-0.2, -0.15) is 0 Å². The van der Waals surface area contributed by atoms with Gasteiger partial charge in [-0.1, -0.05) is 19.9 Å². The third kappa shape index (κ3) is 5.97. The first kappa shape index (κ1) is 22.7. The molecule has 1 aromatic carbocycles. The van der Waals surface area contributed by atoms with Crippen molar-refractivity contribution in [3.05, 3.63) is 46.2 Å². The lowest BCUT2D eigenvalue weighted by atomic mass is 10.0. The van der Waals surface area contributed by atoms with Crippen LogP contribution in [0.5, 0.6) is 0 Å². The van der Waals surface area contributed by atoms with Crippen LogP contribution >= 0.6 is 11.3 Å². The van der Waals surface area contributed by atoms with E-state index in [0.29, 0.717) is 24.7 Å². The number of anilines is 2. The summed E-state index contributed by atoms with van der Waals surface area (Å²) in [6, 6.07) is 9.41. The Balaban J connectivity index is 2.39. The molecule has 0 aliphatic heterocycles. The smallest absolute Gasteiger partial charge is 0.319 e. The Kier molecular flexibility index (Phi) is 8.08. The van der Waals surface area contributed by atoms with Crippen molar-refractivity contribution in [2.45, 2.75) is 40.3 Å². The number of nitrogens with one attached hydrogen (secondary N) is 2. The first-order valence-corrected chi connectivity index (χ1v) is 10.8. The molecule has 0 bridgehead atoms. The van der Waals surface area contributed by atoms with Gasteiger partial charge in [0.1, 0.15) is 0 Å². The van der Waals surface area contributed by atoms with E-state index in [1.54, 1.807) is 0 Å². The highest BCUT2D eigenvalue weighted by atomic mass is 32.1. The second-order valence-electron chi connectivity index (χ2n) is 7.62. The molecule has 0 aliphatic rings. The van der Waals surface area contributed by atoms with E-state index in [2.05, 4.69) is 31.4 Å². The lowest BCUT2D eigenvalue weighted by molar-refractivity contribution is 0.0633. The van der Waals surface area contributed by atoms with Gasteiger partial charge in [-0.3, -0.25) is 4.79 Å². The Bertz CT molecular complexity index is 818. The van der Waals surface area contributed by atoms with Crippen LogP contribution in [0.2, 0.25) is 0 Å². The first-order valence-electron chi connectivity index (χ1n) is 9.94. The molecule has 0 fully saturated rings. The summed E-state index contributed by atoms with van der Waals surface area (Å²) in [5, 5.41) is 7.52. The van der Waals surface area contributed by atoms with Gasteiger partial charge in [0, 0.05) is 44.6 Å². The molecule has 7 heteroatoms. The second-order valence-corrected chi connectivity index (χ2v) is 8.57. The van der Waals surface area contributed by atoms with Gasteiger partial charge in [-0.25, -0.2) is 4.79 Å². The van der Waals surface area contributed by atoms with E-state index in [4.69, 9.17) is 0 Å². The van der Waals surface area contributed by atoms with E-state index in [1.165, 1.54) is 11.3 Å². The summed E-state index contributed by atoms with van der Waals surface area (Å²) in [5.41, 5.74) is 2.71. The fourth-order valence-corrected chi connectivity index (χ4v) is 3.73. The van der Waals surface area contributed by atoms with Gasteiger partial charge in [0.2, 0.25) is 0 Å². The van der Waals surface area contributed by atoms with Crippen molar-refractivity contribution < 1.29 is 9.59 Å². The average Bonchev–Trinajstić information content (AvgIpc) is 3.19. The molecular formula is C22H32N4O2S. The minimum absolute atomic E-state index is 0.0352. The largest absolute Gasteiger partial charge is 0.377 e. The van der Waals surface area contributed by atoms with Gasteiger partial charge in [0.05, 0.1) is 4.88 Å². The SMILES string of the molecule is CCNC(=O)Nc1ccc(N(C)C)c(CN(C(=O)c2cccs2)[C@@H](C)C(C)C)c1. The number of amides is 3. The van der Waals surface area contributed by atoms with Gasteiger partial charge in [-0.05, 0) is 55.0 Å². The monoisotopic (exact) mass is 416 g/mol. The lowest BCUT2D eigenvalue weighted by Crippen LogP contribution is -2.41. The van der Waals surface area contributed by atoms with Crippen LogP contribution in [0.1, 0.15) is 42.9 Å². The Morgan fingerprint density at radius 2 is 1.86 bits per heavy atom. The van der Waals surface area contributed by atoms with Crippen LogP contribution in [0.3, 0.4) is 0 Å². The summed E-state index contributed by atoms with van der Waals surface area (Å²) in [5.74, 6) is 0.353. The maximum Gasteiger partial charge on any atom is 0.319 e. The summed E-state index contributed by atoms with van der Waals surface area (Å²) < 4.78 is 0. The molecule has 3 amide bonds. The van der Waals surface area contributed by atoms with Crippen molar-refractivity contribution in [2.75, 3.05) is 30.9 Å². The number of carbonyl (C=O) groups excluding carboxylic acids is 2. The van der Waals surface area contributed by atoms with Crippen LogP contribution < -0.4 is 15.5 Å². The Hall–Kier alpha value is -2.54. The van der Waals surface area contributed by atoms with E-state index in [9.17, 15) is 9.59 Å². The van der Waals surface area contributed by atoms with Gasteiger partial charge < -0.3 is 20.4 Å². The molecule has 2 rings (SSSR count). The standard InChI is InChI=1S/C22H32N4O2S/c1-7-23-22(28)24-18-10-11-19(25(5)6)17(13-18)14-26(16(4)15(2)3)21(27)20-9-8-12-29-20/h8-13,15-16H,7,14H2,1-6H3,(H2,23,24,28)/t16-/m0/s1. The third-order valence-corrected chi connectivity index (χ3v) is 5.80. The van der Waals surface area contributed by atoms with E-state index < -0.39 is 0 Å². The minimum atomic E-state index is -0.238. The van der Waals surface area contributed by atoms with Crippen molar-refractivity contribution in [2.24, 2.45) is 5.92 Å². The third-order valence-electron chi connectivity index (χ3n) is 4.95. The van der Waals surface area contributed by atoms with Crippen molar-refractivity contribution in [3.63, 3.8) is 0 Å².